The number of para-hydroxylation sites is 1. The van der Waals surface area contributed by atoms with E-state index in [4.69, 9.17) is 9.47 Å². The van der Waals surface area contributed by atoms with E-state index in [1.54, 1.807) is 11.3 Å². The molecule has 3 rings (SSSR count). The van der Waals surface area contributed by atoms with E-state index in [2.05, 4.69) is 0 Å². The number of rotatable bonds is 2. The fraction of sp³-hybridized carbons (Fsp3) is 0.286. The molecule has 2 aromatic rings. The molecule has 3 heteroatoms. The average Bonchev–Trinajstić information content (AvgIpc) is 3.06. The molecule has 0 radical (unpaired) electrons. The molecule has 90 valence electrons. The molecule has 1 aromatic heterocycles. The minimum atomic E-state index is 0.257. The van der Waals surface area contributed by atoms with Gasteiger partial charge < -0.3 is 9.47 Å². The molecule has 1 atom stereocenters. The standard InChI is InChI=1S/C10H12O2.C4H4S/c1-2-4-9(5-3-1)12-10-6-7-11-8-10;1-2-4-5-3-1/h1-5,10H,6-8H2;1-4H. The molecule has 2 heterocycles. The van der Waals surface area contributed by atoms with Crippen molar-refractivity contribution in [2.75, 3.05) is 13.2 Å². The Morgan fingerprint density at radius 1 is 1.06 bits per heavy atom. The van der Waals surface area contributed by atoms with Crippen LogP contribution in [-0.2, 0) is 4.74 Å². The van der Waals surface area contributed by atoms with Crippen molar-refractivity contribution < 1.29 is 9.47 Å². The summed E-state index contributed by atoms with van der Waals surface area (Å²) in [5.41, 5.74) is 0. The van der Waals surface area contributed by atoms with Crippen LogP contribution in [0.4, 0.5) is 0 Å². The van der Waals surface area contributed by atoms with Crippen LogP contribution in [0.3, 0.4) is 0 Å². The van der Waals surface area contributed by atoms with Gasteiger partial charge in [-0.1, -0.05) is 30.3 Å². The molecule has 1 aromatic carbocycles. The van der Waals surface area contributed by atoms with Gasteiger partial charge in [-0.15, -0.1) is 0 Å². The predicted octanol–water partition coefficient (Wildman–Crippen LogP) is 3.60. The maximum Gasteiger partial charge on any atom is 0.124 e. The molecule has 0 N–H and O–H groups in total. The Labute approximate surface area is 106 Å². The quantitative estimate of drug-likeness (QED) is 0.808. The number of ether oxygens (including phenoxy) is 2. The van der Waals surface area contributed by atoms with Crippen molar-refractivity contribution in [3.05, 3.63) is 53.2 Å². The van der Waals surface area contributed by atoms with Gasteiger partial charge in [0.25, 0.3) is 0 Å². The van der Waals surface area contributed by atoms with Crippen LogP contribution in [0.25, 0.3) is 0 Å². The van der Waals surface area contributed by atoms with Crippen molar-refractivity contribution >= 4 is 11.3 Å². The Hall–Kier alpha value is -1.32. The van der Waals surface area contributed by atoms with E-state index in [9.17, 15) is 0 Å². The lowest BCUT2D eigenvalue weighted by Gasteiger charge is -2.10. The number of benzene rings is 1. The van der Waals surface area contributed by atoms with Crippen molar-refractivity contribution in [2.45, 2.75) is 12.5 Å². The monoisotopic (exact) mass is 248 g/mol. The summed E-state index contributed by atoms with van der Waals surface area (Å²) < 4.78 is 10.9. The molecular weight excluding hydrogens is 232 g/mol. The van der Waals surface area contributed by atoms with Crippen molar-refractivity contribution in [1.82, 2.24) is 0 Å². The minimum Gasteiger partial charge on any atom is -0.488 e. The first kappa shape index (κ1) is 12.1. The summed E-state index contributed by atoms with van der Waals surface area (Å²) in [6.45, 7) is 1.56. The topological polar surface area (TPSA) is 18.5 Å². The van der Waals surface area contributed by atoms with Crippen molar-refractivity contribution in [3.63, 3.8) is 0 Å². The Morgan fingerprint density at radius 2 is 1.82 bits per heavy atom. The fourth-order valence-corrected chi connectivity index (χ4v) is 1.98. The third kappa shape index (κ3) is 4.59. The van der Waals surface area contributed by atoms with Gasteiger partial charge in [-0.3, -0.25) is 0 Å². The summed E-state index contributed by atoms with van der Waals surface area (Å²) in [5.74, 6) is 0.938. The van der Waals surface area contributed by atoms with Crippen molar-refractivity contribution in [3.8, 4) is 5.75 Å². The smallest absolute Gasteiger partial charge is 0.124 e. The second-order valence-corrected chi connectivity index (χ2v) is 4.53. The van der Waals surface area contributed by atoms with Crippen LogP contribution in [0, 0.1) is 0 Å². The van der Waals surface area contributed by atoms with Crippen LogP contribution < -0.4 is 4.74 Å². The van der Waals surface area contributed by atoms with Crippen LogP contribution in [0.5, 0.6) is 5.75 Å². The predicted molar refractivity (Wildman–Crippen MR) is 70.6 cm³/mol. The SMILES string of the molecule is c1ccc(OC2CCOC2)cc1.c1ccsc1. The zero-order valence-corrected chi connectivity index (χ0v) is 10.4. The largest absolute Gasteiger partial charge is 0.488 e. The van der Waals surface area contributed by atoms with E-state index in [0.29, 0.717) is 0 Å². The van der Waals surface area contributed by atoms with Crippen LogP contribution in [-0.4, -0.2) is 19.3 Å². The number of hydrogen-bond donors (Lipinski definition) is 0. The summed E-state index contributed by atoms with van der Waals surface area (Å²) >= 11 is 1.71. The molecule has 1 aliphatic heterocycles. The van der Waals surface area contributed by atoms with Crippen LogP contribution in [0.15, 0.2) is 53.2 Å². The van der Waals surface area contributed by atoms with Gasteiger partial charge in [0.1, 0.15) is 11.9 Å². The van der Waals surface area contributed by atoms with Crippen LogP contribution >= 0.6 is 11.3 Å². The first-order chi connectivity index (χ1) is 8.45. The Kier molecular flexibility index (Phi) is 5.07. The number of hydrogen-bond acceptors (Lipinski definition) is 3. The van der Waals surface area contributed by atoms with Crippen LogP contribution in [0.1, 0.15) is 6.42 Å². The summed E-state index contributed by atoms with van der Waals surface area (Å²) in [5, 5.41) is 4.08. The van der Waals surface area contributed by atoms with Gasteiger partial charge in [-0.2, -0.15) is 11.3 Å². The first-order valence-corrected chi connectivity index (χ1v) is 6.66. The fourth-order valence-electron chi connectivity index (χ4n) is 1.52. The molecule has 1 aliphatic rings. The highest BCUT2D eigenvalue weighted by Gasteiger charge is 2.16. The average molecular weight is 248 g/mol. The van der Waals surface area contributed by atoms with E-state index in [0.717, 1.165) is 25.4 Å². The summed E-state index contributed by atoms with van der Waals surface area (Å²) in [6.07, 6.45) is 1.27. The van der Waals surface area contributed by atoms with Gasteiger partial charge in [-0.25, -0.2) is 0 Å². The highest BCUT2D eigenvalue weighted by molar-refractivity contribution is 7.07. The second-order valence-electron chi connectivity index (χ2n) is 3.71. The van der Waals surface area contributed by atoms with Gasteiger partial charge in [-0.05, 0) is 22.9 Å². The molecule has 1 unspecified atom stereocenters. The van der Waals surface area contributed by atoms with E-state index in [1.165, 1.54) is 0 Å². The van der Waals surface area contributed by atoms with Gasteiger partial charge in [0.05, 0.1) is 13.2 Å². The lowest BCUT2D eigenvalue weighted by Crippen LogP contribution is -2.15. The van der Waals surface area contributed by atoms with Gasteiger partial charge in [0.2, 0.25) is 0 Å². The lowest BCUT2D eigenvalue weighted by molar-refractivity contribution is 0.141. The van der Waals surface area contributed by atoms with Gasteiger partial charge in [0.15, 0.2) is 0 Å². The maximum atomic E-state index is 5.65. The van der Waals surface area contributed by atoms with E-state index < -0.39 is 0 Å². The summed E-state index contributed by atoms with van der Waals surface area (Å²) in [4.78, 5) is 0. The molecule has 17 heavy (non-hydrogen) atoms. The molecule has 0 aliphatic carbocycles. The van der Waals surface area contributed by atoms with Gasteiger partial charge in [0, 0.05) is 6.42 Å². The highest BCUT2D eigenvalue weighted by Crippen LogP contribution is 2.15. The molecule has 0 saturated carbocycles. The van der Waals surface area contributed by atoms with Crippen molar-refractivity contribution in [2.24, 2.45) is 0 Å². The van der Waals surface area contributed by atoms with Gasteiger partial charge >= 0.3 is 0 Å². The molecule has 0 spiro atoms. The molecular formula is C14H16O2S. The lowest BCUT2D eigenvalue weighted by atomic mass is 10.3. The maximum absolute atomic E-state index is 5.65. The molecule has 0 bridgehead atoms. The molecule has 1 saturated heterocycles. The van der Waals surface area contributed by atoms with E-state index in [-0.39, 0.29) is 6.10 Å². The third-order valence-corrected chi connectivity index (χ3v) is 2.99. The Morgan fingerprint density at radius 3 is 2.35 bits per heavy atom. The zero-order chi connectivity index (χ0) is 11.8. The second kappa shape index (κ2) is 7.09. The minimum absolute atomic E-state index is 0.257. The summed E-state index contributed by atoms with van der Waals surface area (Å²) in [7, 11) is 0. The third-order valence-electron chi connectivity index (χ3n) is 2.36. The Balaban J connectivity index is 0.000000181. The number of thiophene rings is 1. The molecule has 0 amide bonds. The summed E-state index contributed by atoms with van der Waals surface area (Å²) in [6, 6.07) is 13.9. The van der Waals surface area contributed by atoms with Crippen LogP contribution in [0.2, 0.25) is 0 Å². The highest BCUT2D eigenvalue weighted by atomic mass is 32.1. The van der Waals surface area contributed by atoms with E-state index in [1.807, 2.05) is 53.2 Å². The zero-order valence-electron chi connectivity index (χ0n) is 9.62. The first-order valence-electron chi connectivity index (χ1n) is 5.72. The Bertz CT molecular complexity index is 363. The molecule has 1 fully saturated rings. The van der Waals surface area contributed by atoms with Crippen molar-refractivity contribution in [1.29, 1.82) is 0 Å². The van der Waals surface area contributed by atoms with E-state index >= 15 is 0 Å². The molecule has 2 nitrogen and oxygen atoms in total. The normalized spacial score (nSPS) is 18.2.